The monoisotopic (exact) mass is 513 g/mol. The number of H-pyrrole nitrogens is 2. The molecule has 0 fully saturated rings. The highest BCUT2D eigenvalue weighted by Crippen LogP contribution is 2.33. The molecule has 0 unspecified atom stereocenters. The third-order valence-corrected chi connectivity index (χ3v) is 7.02. The van der Waals surface area contributed by atoms with Crippen molar-refractivity contribution in [2.75, 3.05) is 12.0 Å². The van der Waals surface area contributed by atoms with Gasteiger partial charge < -0.3 is 4.98 Å². The molecule has 0 bridgehead atoms. The van der Waals surface area contributed by atoms with E-state index in [0.29, 0.717) is 33.9 Å². The van der Waals surface area contributed by atoms with E-state index in [9.17, 15) is 12.8 Å². The van der Waals surface area contributed by atoms with Gasteiger partial charge in [0, 0.05) is 35.2 Å². The van der Waals surface area contributed by atoms with Crippen molar-refractivity contribution >= 4 is 31.8 Å². The average molecular weight is 514 g/mol. The van der Waals surface area contributed by atoms with Crippen LogP contribution in [-0.4, -0.2) is 55.5 Å². The summed E-state index contributed by atoms with van der Waals surface area (Å²) in [5, 5.41) is 8.28. The molecule has 0 saturated carbocycles. The molecule has 2 N–H and O–H groups in total. The molecule has 0 atom stereocenters. The number of para-hydroxylation sites is 1. The molecule has 0 aliphatic heterocycles. The maximum absolute atomic E-state index is 14.5. The van der Waals surface area contributed by atoms with Crippen molar-refractivity contribution in [1.29, 1.82) is 0 Å². The van der Waals surface area contributed by atoms with Gasteiger partial charge in [-0.3, -0.25) is 10.1 Å². The topological polar surface area (TPSA) is 130 Å². The van der Waals surface area contributed by atoms with E-state index in [1.165, 1.54) is 24.7 Å². The lowest BCUT2D eigenvalue weighted by molar-refractivity contribution is 0.600. The first-order valence-corrected chi connectivity index (χ1v) is 13.5. The van der Waals surface area contributed by atoms with E-state index in [0.717, 1.165) is 27.5 Å². The van der Waals surface area contributed by atoms with E-state index in [1.54, 1.807) is 24.7 Å². The number of halogens is 1. The Morgan fingerprint density at radius 1 is 0.973 bits per heavy atom. The van der Waals surface area contributed by atoms with Gasteiger partial charge in [-0.2, -0.15) is 5.10 Å². The molecule has 4 aromatic heterocycles. The van der Waals surface area contributed by atoms with Crippen LogP contribution in [0, 0.1) is 5.82 Å². The first-order chi connectivity index (χ1) is 17.8. The lowest BCUT2D eigenvalue weighted by atomic mass is 10.0. The quantitative estimate of drug-likeness (QED) is 0.339. The highest BCUT2D eigenvalue weighted by molar-refractivity contribution is 7.90. The second kappa shape index (κ2) is 8.86. The van der Waals surface area contributed by atoms with Crippen LogP contribution in [-0.2, 0) is 16.3 Å². The largest absolute Gasteiger partial charge is 0.337 e. The van der Waals surface area contributed by atoms with Gasteiger partial charge in [-0.15, -0.1) is 0 Å². The van der Waals surface area contributed by atoms with Gasteiger partial charge in [0.15, 0.2) is 5.82 Å². The molecule has 6 rings (SSSR count). The van der Waals surface area contributed by atoms with Crippen LogP contribution in [0.2, 0.25) is 0 Å². The van der Waals surface area contributed by atoms with Gasteiger partial charge in [0.1, 0.15) is 27.7 Å². The van der Waals surface area contributed by atoms with Crippen molar-refractivity contribution in [3.63, 3.8) is 0 Å². The van der Waals surface area contributed by atoms with Crippen molar-refractivity contribution in [3.8, 4) is 33.9 Å². The molecule has 11 heteroatoms. The third-order valence-electron chi connectivity index (χ3n) is 6.07. The molecule has 6 aromatic rings. The summed E-state index contributed by atoms with van der Waals surface area (Å²) in [4.78, 5) is 20.7. The fourth-order valence-corrected chi connectivity index (χ4v) is 4.92. The number of aromatic amines is 2. The third kappa shape index (κ3) is 4.56. The van der Waals surface area contributed by atoms with Gasteiger partial charge in [0.25, 0.3) is 0 Å². The molecule has 9 nitrogen and oxygen atoms in total. The lowest BCUT2D eigenvalue weighted by Gasteiger charge is -2.07. The minimum Gasteiger partial charge on any atom is -0.337 e. The predicted octanol–water partition coefficient (Wildman–Crippen LogP) is 4.35. The Kier molecular flexibility index (Phi) is 5.49. The highest BCUT2D eigenvalue weighted by atomic mass is 32.2. The van der Waals surface area contributed by atoms with Crippen LogP contribution in [0.4, 0.5) is 4.39 Å². The molecule has 0 radical (unpaired) electrons. The first-order valence-electron chi connectivity index (χ1n) is 11.4. The molecule has 2 aromatic carbocycles. The van der Waals surface area contributed by atoms with E-state index < -0.39 is 15.7 Å². The van der Waals surface area contributed by atoms with Crippen LogP contribution in [0.15, 0.2) is 67.4 Å². The van der Waals surface area contributed by atoms with Crippen LogP contribution in [0.3, 0.4) is 0 Å². The summed E-state index contributed by atoms with van der Waals surface area (Å²) in [7, 11) is -3.17. The van der Waals surface area contributed by atoms with E-state index in [2.05, 4.69) is 30.1 Å². The standard InChI is InChI=1S/C26H20FN7O2S/c1-37(35,36)6-5-15-7-16(9-18(27)8-15)19-3-2-4-21-24(19)32-26(31-21)25-20-10-22(17-11-28-14-29-12-17)30-13-23(20)33-34-25/h2-4,7-14H,5-6H2,1H3,(H,31,32)(H,33,34). The van der Waals surface area contributed by atoms with E-state index in [1.807, 2.05) is 24.3 Å². The molecule has 184 valence electrons. The first kappa shape index (κ1) is 22.9. The number of fused-ring (bicyclic) bond motifs is 2. The molecule has 0 aliphatic rings. The maximum atomic E-state index is 14.5. The van der Waals surface area contributed by atoms with Crippen molar-refractivity contribution < 1.29 is 12.8 Å². The molecule has 37 heavy (non-hydrogen) atoms. The van der Waals surface area contributed by atoms with Gasteiger partial charge in [0.2, 0.25) is 0 Å². The van der Waals surface area contributed by atoms with E-state index in [-0.39, 0.29) is 12.2 Å². The van der Waals surface area contributed by atoms with Gasteiger partial charge in [-0.1, -0.05) is 18.2 Å². The Morgan fingerprint density at radius 2 is 1.81 bits per heavy atom. The normalized spacial score (nSPS) is 11.9. The molecular weight excluding hydrogens is 493 g/mol. The fraction of sp³-hybridized carbons (Fsp3) is 0.115. The Bertz CT molecular complexity index is 1880. The number of rotatable bonds is 6. The van der Waals surface area contributed by atoms with Gasteiger partial charge >= 0.3 is 0 Å². The second-order valence-electron chi connectivity index (χ2n) is 8.83. The van der Waals surface area contributed by atoms with Gasteiger partial charge in [-0.25, -0.2) is 27.8 Å². The van der Waals surface area contributed by atoms with Gasteiger partial charge in [0.05, 0.1) is 34.2 Å². The van der Waals surface area contributed by atoms with Crippen molar-refractivity contribution in [1.82, 2.24) is 35.1 Å². The number of sulfone groups is 1. The summed E-state index contributed by atoms with van der Waals surface area (Å²) in [6.07, 6.45) is 7.95. The Morgan fingerprint density at radius 3 is 2.62 bits per heavy atom. The number of benzene rings is 2. The van der Waals surface area contributed by atoms with E-state index >= 15 is 0 Å². The number of hydrogen-bond donors (Lipinski definition) is 2. The van der Waals surface area contributed by atoms with Crippen LogP contribution in [0.5, 0.6) is 0 Å². The Hall–Kier alpha value is -4.51. The zero-order chi connectivity index (χ0) is 25.6. The smallest absolute Gasteiger partial charge is 0.159 e. The molecule has 4 heterocycles. The second-order valence-corrected chi connectivity index (χ2v) is 11.1. The van der Waals surface area contributed by atoms with Crippen LogP contribution < -0.4 is 0 Å². The van der Waals surface area contributed by atoms with Crippen molar-refractivity contribution in [2.45, 2.75) is 6.42 Å². The maximum Gasteiger partial charge on any atom is 0.159 e. The summed E-state index contributed by atoms with van der Waals surface area (Å²) >= 11 is 0. The number of imidazole rings is 1. The highest BCUT2D eigenvalue weighted by Gasteiger charge is 2.17. The van der Waals surface area contributed by atoms with Crippen LogP contribution >= 0.6 is 0 Å². The average Bonchev–Trinajstić information content (AvgIpc) is 3.51. The van der Waals surface area contributed by atoms with E-state index in [4.69, 9.17) is 4.98 Å². The minimum absolute atomic E-state index is 0.0508. The summed E-state index contributed by atoms with van der Waals surface area (Å²) in [5.74, 6) is 0.0611. The summed E-state index contributed by atoms with van der Waals surface area (Å²) in [5.41, 5.74) is 6.21. The number of nitrogens with one attached hydrogen (secondary N) is 2. The summed E-state index contributed by atoms with van der Waals surface area (Å²) in [6.45, 7) is 0. The summed E-state index contributed by atoms with van der Waals surface area (Å²) in [6, 6.07) is 12.1. The van der Waals surface area contributed by atoms with Crippen molar-refractivity contribution in [2.24, 2.45) is 0 Å². The number of nitrogens with zero attached hydrogens (tertiary/aromatic N) is 5. The van der Waals surface area contributed by atoms with Crippen LogP contribution in [0.25, 0.3) is 55.8 Å². The number of aromatic nitrogens is 7. The van der Waals surface area contributed by atoms with Gasteiger partial charge in [-0.05, 0) is 41.8 Å². The molecule has 0 saturated heterocycles. The number of pyridine rings is 1. The fourth-order valence-electron chi connectivity index (χ4n) is 4.32. The zero-order valence-electron chi connectivity index (χ0n) is 19.6. The van der Waals surface area contributed by atoms with Crippen molar-refractivity contribution in [3.05, 3.63) is 78.8 Å². The molecule has 0 aliphatic carbocycles. The SMILES string of the molecule is CS(=O)(=O)CCc1cc(F)cc(-c2cccc3[nH]c(-c4n[nH]c5cnc(-c6cncnc6)cc45)nc23)c1. The van der Waals surface area contributed by atoms with Crippen LogP contribution in [0.1, 0.15) is 5.56 Å². The molecule has 0 amide bonds. The number of aryl methyl sites for hydroxylation is 1. The predicted molar refractivity (Wildman–Crippen MR) is 139 cm³/mol. The Balaban J connectivity index is 1.44. The zero-order valence-corrected chi connectivity index (χ0v) is 20.4. The minimum atomic E-state index is -3.17. The molecular formula is C26H20FN7O2S. The lowest BCUT2D eigenvalue weighted by Crippen LogP contribution is -2.06. The summed E-state index contributed by atoms with van der Waals surface area (Å²) < 4.78 is 37.7. The molecule has 0 spiro atoms. The number of hydrogen-bond acceptors (Lipinski definition) is 7. The Labute approximate surface area is 210 Å².